The van der Waals surface area contributed by atoms with Crippen molar-refractivity contribution in [2.24, 2.45) is 5.92 Å². The van der Waals surface area contributed by atoms with Crippen LogP contribution in [0.2, 0.25) is 0 Å². The summed E-state index contributed by atoms with van der Waals surface area (Å²) in [5.41, 5.74) is 0. The van der Waals surface area contributed by atoms with Crippen LogP contribution in [0.4, 0.5) is 4.79 Å². The molecule has 19 heavy (non-hydrogen) atoms. The zero-order valence-corrected chi connectivity index (χ0v) is 11.3. The van der Waals surface area contributed by atoms with Gasteiger partial charge in [-0.3, -0.25) is 14.9 Å². The van der Waals surface area contributed by atoms with E-state index in [1.807, 2.05) is 0 Å². The Labute approximate surface area is 112 Å². The van der Waals surface area contributed by atoms with E-state index in [4.69, 9.17) is 0 Å². The van der Waals surface area contributed by atoms with Crippen LogP contribution in [-0.2, 0) is 9.59 Å². The van der Waals surface area contributed by atoms with E-state index in [2.05, 4.69) is 17.6 Å². The molecule has 0 aromatic rings. The molecule has 2 atom stereocenters. The number of hydrogen-bond acceptors (Lipinski definition) is 3. The number of amides is 4. The van der Waals surface area contributed by atoms with E-state index in [0.717, 1.165) is 25.7 Å². The van der Waals surface area contributed by atoms with Gasteiger partial charge in [-0.2, -0.15) is 0 Å². The largest absolute Gasteiger partial charge is 0.352 e. The van der Waals surface area contributed by atoms with Crippen LogP contribution in [0, 0.1) is 5.92 Å². The predicted molar refractivity (Wildman–Crippen MR) is 69.3 cm³/mol. The van der Waals surface area contributed by atoms with Gasteiger partial charge in [0.15, 0.2) is 0 Å². The minimum Gasteiger partial charge on any atom is -0.352 e. The lowest BCUT2D eigenvalue weighted by Crippen LogP contribution is -2.46. The van der Waals surface area contributed by atoms with Gasteiger partial charge in [-0.05, 0) is 18.8 Å². The quantitative estimate of drug-likeness (QED) is 0.733. The number of carbonyl (C=O) groups excluding carboxylic acids is 3. The van der Waals surface area contributed by atoms with Crippen molar-refractivity contribution in [1.82, 2.24) is 15.5 Å². The fourth-order valence-corrected chi connectivity index (χ4v) is 2.92. The van der Waals surface area contributed by atoms with Crippen molar-refractivity contribution >= 4 is 17.8 Å². The molecule has 1 aliphatic heterocycles. The molecule has 106 valence electrons. The maximum atomic E-state index is 11.9. The summed E-state index contributed by atoms with van der Waals surface area (Å²) in [5.74, 6) is 0.0174. The Kier molecular flexibility index (Phi) is 4.39. The van der Waals surface area contributed by atoms with Gasteiger partial charge in [-0.25, -0.2) is 4.79 Å². The molecule has 1 saturated carbocycles. The molecule has 1 heterocycles. The molecule has 2 rings (SSSR count). The van der Waals surface area contributed by atoms with Crippen molar-refractivity contribution < 1.29 is 14.4 Å². The highest BCUT2D eigenvalue weighted by Gasteiger charge is 2.30. The monoisotopic (exact) mass is 267 g/mol. The lowest BCUT2D eigenvalue weighted by atomic mass is 9.83. The summed E-state index contributed by atoms with van der Waals surface area (Å²) in [6.45, 7) is 2.08. The molecule has 0 spiro atoms. The van der Waals surface area contributed by atoms with Crippen molar-refractivity contribution in [3.63, 3.8) is 0 Å². The number of imide groups is 1. The molecule has 6 nitrogen and oxygen atoms in total. The van der Waals surface area contributed by atoms with Crippen LogP contribution in [0.25, 0.3) is 0 Å². The van der Waals surface area contributed by atoms with Gasteiger partial charge in [0.25, 0.3) is 0 Å². The van der Waals surface area contributed by atoms with Crippen LogP contribution in [0.15, 0.2) is 0 Å². The van der Waals surface area contributed by atoms with Crippen LogP contribution in [-0.4, -0.2) is 41.9 Å². The first-order valence-electron chi connectivity index (χ1n) is 6.98. The van der Waals surface area contributed by atoms with Crippen LogP contribution in [0.5, 0.6) is 0 Å². The Bertz CT molecular complexity index is 383. The van der Waals surface area contributed by atoms with Gasteiger partial charge in [0.1, 0.15) is 13.1 Å². The second-order valence-electron chi connectivity index (χ2n) is 5.34. The van der Waals surface area contributed by atoms with Gasteiger partial charge >= 0.3 is 6.03 Å². The van der Waals surface area contributed by atoms with Gasteiger partial charge in [0.2, 0.25) is 11.8 Å². The van der Waals surface area contributed by atoms with E-state index in [1.54, 1.807) is 0 Å². The summed E-state index contributed by atoms with van der Waals surface area (Å²) in [5, 5.41) is 5.17. The molecule has 4 amide bonds. The maximum absolute atomic E-state index is 11.9. The Balaban J connectivity index is 1.83. The summed E-state index contributed by atoms with van der Waals surface area (Å²) >= 11 is 0. The molecule has 1 saturated heterocycles. The number of urea groups is 1. The molecule has 2 unspecified atom stereocenters. The minimum atomic E-state index is -0.476. The molecule has 0 radical (unpaired) electrons. The Hall–Kier alpha value is -1.59. The lowest BCUT2D eigenvalue weighted by Gasteiger charge is -2.31. The maximum Gasteiger partial charge on any atom is 0.325 e. The molecular weight excluding hydrogens is 246 g/mol. The number of nitrogens with zero attached hydrogens (tertiary/aromatic N) is 1. The van der Waals surface area contributed by atoms with Gasteiger partial charge in [-0.15, -0.1) is 0 Å². The van der Waals surface area contributed by atoms with E-state index >= 15 is 0 Å². The number of carbonyl (C=O) groups is 3. The van der Waals surface area contributed by atoms with Crippen molar-refractivity contribution in [3.05, 3.63) is 0 Å². The van der Waals surface area contributed by atoms with Crippen molar-refractivity contribution in [3.8, 4) is 0 Å². The van der Waals surface area contributed by atoms with Crippen molar-refractivity contribution in [2.45, 2.75) is 45.1 Å². The first kappa shape index (κ1) is 13.8. The highest BCUT2D eigenvalue weighted by Crippen LogP contribution is 2.26. The summed E-state index contributed by atoms with van der Waals surface area (Å²) in [6.07, 6.45) is 5.60. The molecule has 0 aromatic carbocycles. The topological polar surface area (TPSA) is 78.5 Å². The van der Waals surface area contributed by atoms with E-state index in [9.17, 15) is 14.4 Å². The molecular formula is C13H21N3O3. The molecule has 6 heteroatoms. The second kappa shape index (κ2) is 6.04. The zero-order valence-electron chi connectivity index (χ0n) is 11.3. The molecule has 2 N–H and O–H groups in total. The fraction of sp³-hybridized carbons (Fsp3) is 0.769. The van der Waals surface area contributed by atoms with E-state index < -0.39 is 6.03 Å². The number of rotatable bonds is 4. The van der Waals surface area contributed by atoms with Gasteiger partial charge in [-0.1, -0.05) is 26.2 Å². The Morgan fingerprint density at radius 3 is 2.74 bits per heavy atom. The normalized spacial score (nSPS) is 27.3. The minimum absolute atomic E-state index is 0.0197. The predicted octanol–water partition coefficient (Wildman–Crippen LogP) is 0.623. The summed E-state index contributed by atoms with van der Waals surface area (Å²) in [4.78, 5) is 35.5. The van der Waals surface area contributed by atoms with Crippen LogP contribution in [0.3, 0.4) is 0 Å². The van der Waals surface area contributed by atoms with E-state index in [1.165, 1.54) is 11.3 Å². The van der Waals surface area contributed by atoms with Crippen LogP contribution >= 0.6 is 0 Å². The van der Waals surface area contributed by atoms with Gasteiger partial charge in [0.05, 0.1) is 0 Å². The first-order chi connectivity index (χ1) is 9.10. The smallest absolute Gasteiger partial charge is 0.325 e. The fourth-order valence-electron chi connectivity index (χ4n) is 2.92. The molecule has 2 aliphatic rings. The highest BCUT2D eigenvalue weighted by molar-refractivity contribution is 6.03. The summed E-state index contributed by atoms with van der Waals surface area (Å²) in [6, 6.07) is -0.261. The standard InChI is InChI=1S/C13H21N3O3/c1-2-9-5-3-4-6-10(9)14-11(17)7-16-8-12(18)15-13(16)19/h9-10H,2-8H2,1H3,(H,14,17)(H,15,18,19). The summed E-state index contributed by atoms with van der Waals surface area (Å²) in [7, 11) is 0. The molecule has 0 aromatic heterocycles. The third kappa shape index (κ3) is 3.45. The third-order valence-electron chi connectivity index (χ3n) is 3.98. The van der Waals surface area contributed by atoms with E-state index in [0.29, 0.717) is 5.92 Å². The van der Waals surface area contributed by atoms with Crippen molar-refractivity contribution in [2.75, 3.05) is 13.1 Å². The lowest BCUT2D eigenvalue weighted by molar-refractivity contribution is -0.123. The average Bonchev–Trinajstić information content (AvgIpc) is 2.68. The first-order valence-corrected chi connectivity index (χ1v) is 6.98. The van der Waals surface area contributed by atoms with Crippen molar-refractivity contribution in [1.29, 1.82) is 0 Å². The Morgan fingerprint density at radius 2 is 2.11 bits per heavy atom. The number of nitrogens with one attached hydrogen (secondary N) is 2. The molecule has 1 aliphatic carbocycles. The van der Waals surface area contributed by atoms with Gasteiger partial charge < -0.3 is 10.2 Å². The highest BCUT2D eigenvalue weighted by atomic mass is 16.2. The van der Waals surface area contributed by atoms with E-state index in [-0.39, 0.29) is 30.9 Å². The SMILES string of the molecule is CCC1CCCCC1NC(=O)CN1CC(=O)NC1=O. The average molecular weight is 267 g/mol. The summed E-state index contributed by atoms with van der Waals surface area (Å²) < 4.78 is 0. The third-order valence-corrected chi connectivity index (χ3v) is 3.98. The zero-order chi connectivity index (χ0) is 13.8. The van der Waals surface area contributed by atoms with Crippen LogP contribution < -0.4 is 10.6 Å². The van der Waals surface area contributed by atoms with Gasteiger partial charge in [0, 0.05) is 6.04 Å². The van der Waals surface area contributed by atoms with Crippen LogP contribution in [0.1, 0.15) is 39.0 Å². The molecule has 2 fully saturated rings. The second-order valence-corrected chi connectivity index (χ2v) is 5.34. The number of hydrogen-bond donors (Lipinski definition) is 2. The Morgan fingerprint density at radius 1 is 1.37 bits per heavy atom. The molecule has 0 bridgehead atoms.